The highest BCUT2D eigenvalue weighted by Crippen LogP contribution is 2.13. The Morgan fingerprint density at radius 1 is 1.48 bits per heavy atom. The van der Waals surface area contributed by atoms with Crippen LogP contribution in [0.1, 0.15) is 10.6 Å². The average molecular weight is 321 g/mol. The molecule has 1 amide bonds. The van der Waals surface area contributed by atoms with Gasteiger partial charge in [-0.1, -0.05) is 4.49 Å². The van der Waals surface area contributed by atoms with E-state index in [-0.39, 0.29) is 18.0 Å². The summed E-state index contributed by atoms with van der Waals surface area (Å²) in [6.45, 7) is 2.15. The number of rotatable bonds is 4. The van der Waals surface area contributed by atoms with E-state index in [0.29, 0.717) is 16.8 Å². The molecule has 1 N–H and O–H groups in total. The minimum absolute atomic E-state index is 0.0506. The second-order valence-electron chi connectivity index (χ2n) is 4.37. The highest BCUT2D eigenvalue weighted by molar-refractivity contribution is 7.17. The summed E-state index contributed by atoms with van der Waals surface area (Å²) < 4.78 is 5.68. The zero-order valence-corrected chi connectivity index (χ0v) is 12.7. The molecular weight excluding hydrogens is 310 g/mol. The number of hydrogen-bond donors (Lipinski definition) is 1. The van der Waals surface area contributed by atoms with Crippen molar-refractivity contribution < 1.29 is 4.79 Å². The van der Waals surface area contributed by atoms with E-state index >= 15 is 0 Å². The van der Waals surface area contributed by atoms with E-state index in [4.69, 9.17) is 0 Å². The molecule has 0 spiro atoms. The van der Waals surface area contributed by atoms with E-state index in [2.05, 4.69) is 19.9 Å². The van der Waals surface area contributed by atoms with Gasteiger partial charge in [0.15, 0.2) is 0 Å². The van der Waals surface area contributed by atoms with Crippen molar-refractivity contribution in [3.63, 3.8) is 0 Å². The van der Waals surface area contributed by atoms with Gasteiger partial charge in [-0.15, -0.1) is 16.4 Å². The standard InChI is InChI=1S/C12H11N5O2S2/c1-7-9(21-16-15-7)4-13-10(18)5-17-6-14-8-2-3-20-11(8)12(17)19/h2-3,6H,4-5H2,1H3,(H,13,18). The third-order valence-corrected chi connectivity index (χ3v) is 4.66. The van der Waals surface area contributed by atoms with Gasteiger partial charge in [-0.25, -0.2) is 4.98 Å². The number of amides is 1. The van der Waals surface area contributed by atoms with E-state index in [0.717, 1.165) is 10.6 Å². The number of thiophene rings is 1. The first-order chi connectivity index (χ1) is 10.1. The highest BCUT2D eigenvalue weighted by atomic mass is 32.1. The molecule has 0 saturated carbocycles. The molecule has 0 aliphatic rings. The SMILES string of the molecule is Cc1nnsc1CNC(=O)Cn1cnc2ccsc2c1=O. The van der Waals surface area contributed by atoms with Crippen molar-refractivity contribution in [2.45, 2.75) is 20.0 Å². The summed E-state index contributed by atoms with van der Waals surface area (Å²) in [5.74, 6) is -0.248. The van der Waals surface area contributed by atoms with Gasteiger partial charge < -0.3 is 5.32 Å². The maximum Gasteiger partial charge on any atom is 0.271 e. The molecule has 3 aromatic heterocycles. The molecule has 3 aromatic rings. The van der Waals surface area contributed by atoms with Gasteiger partial charge >= 0.3 is 0 Å². The minimum Gasteiger partial charge on any atom is -0.350 e. The Bertz CT molecular complexity index is 851. The van der Waals surface area contributed by atoms with Gasteiger partial charge in [0.2, 0.25) is 5.91 Å². The highest BCUT2D eigenvalue weighted by Gasteiger charge is 2.10. The molecule has 21 heavy (non-hydrogen) atoms. The molecule has 0 aliphatic heterocycles. The van der Waals surface area contributed by atoms with E-state index in [1.807, 2.05) is 12.3 Å². The second-order valence-corrected chi connectivity index (χ2v) is 6.13. The van der Waals surface area contributed by atoms with Crippen LogP contribution < -0.4 is 10.9 Å². The number of carbonyl (C=O) groups excluding carboxylic acids is 1. The van der Waals surface area contributed by atoms with Gasteiger partial charge in [-0.3, -0.25) is 14.2 Å². The summed E-state index contributed by atoms with van der Waals surface area (Å²) >= 11 is 2.58. The first-order valence-electron chi connectivity index (χ1n) is 6.12. The number of aromatic nitrogens is 4. The number of nitrogens with one attached hydrogen (secondary N) is 1. The minimum atomic E-state index is -0.248. The zero-order valence-electron chi connectivity index (χ0n) is 11.1. The normalized spacial score (nSPS) is 10.9. The Morgan fingerprint density at radius 3 is 3.10 bits per heavy atom. The summed E-state index contributed by atoms with van der Waals surface area (Å²) in [6.07, 6.45) is 1.40. The predicted molar refractivity (Wildman–Crippen MR) is 80.4 cm³/mol. The van der Waals surface area contributed by atoms with Crippen LogP contribution in [0.3, 0.4) is 0 Å². The maximum atomic E-state index is 12.1. The molecule has 0 radical (unpaired) electrons. The smallest absolute Gasteiger partial charge is 0.271 e. The topological polar surface area (TPSA) is 89.8 Å². The van der Waals surface area contributed by atoms with Crippen molar-refractivity contribution >= 4 is 39.0 Å². The fraction of sp³-hybridized carbons (Fsp3) is 0.250. The molecule has 0 bridgehead atoms. The monoisotopic (exact) mass is 321 g/mol. The van der Waals surface area contributed by atoms with Gasteiger partial charge in [0.1, 0.15) is 11.2 Å². The molecule has 0 saturated heterocycles. The first kappa shape index (κ1) is 13.8. The largest absolute Gasteiger partial charge is 0.350 e. The van der Waals surface area contributed by atoms with Crippen molar-refractivity contribution in [1.82, 2.24) is 24.5 Å². The Hall–Kier alpha value is -2.13. The number of aryl methyl sites for hydroxylation is 1. The molecule has 0 unspecified atom stereocenters. The van der Waals surface area contributed by atoms with Gasteiger partial charge in [0.05, 0.1) is 29.0 Å². The molecule has 3 heterocycles. The van der Waals surface area contributed by atoms with Crippen LogP contribution in [0, 0.1) is 6.92 Å². The Morgan fingerprint density at radius 2 is 2.33 bits per heavy atom. The van der Waals surface area contributed by atoms with Crippen molar-refractivity contribution in [2.75, 3.05) is 0 Å². The van der Waals surface area contributed by atoms with E-state index < -0.39 is 0 Å². The van der Waals surface area contributed by atoms with Crippen molar-refractivity contribution in [1.29, 1.82) is 0 Å². The van der Waals surface area contributed by atoms with Crippen LogP contribution in [-0.4, -0.2) is 25.0 Å². The van der Waals surface area contributed by atoms with E-state index in [1.54, 1.807) is 6.07 Å². The van der Waals surface area contributed by atoms with Crippen LogP contribution in [-0.2, 0) is 17.9 Å². The number of nitrogens with zero attached hydrogens (tertiary/aromatic N) is 4. The number of carbonyl (C=O) groups is 1. The summed E-state index contributed by atoms with van der Waals surface area (Å²) in [5, 5.41) is 8.43. The van der Waals surface area contributed by atoms with Crippen molar-refractivity contribution in [3.05, 3.63) is 38.7 Å². The lowest BCUT2D eigenvalue weighted by molar-refractivity contribution is -0.121. The average Bonchev–Trinajstić information content (AvgIpc) is 3.09. The van der Waals surface area contributed by atoms with Gasteiger partial charge in [0, 0.05) is 0 Å². The van der Waals surface area contributed by atoms with E-state index in [1.165, 1.54) is 33.8 Å². The molecule has 0 atom stereocenters. The summed E-state index contributed by atoms with van der Waals surface area (Å²) in [6, 6.07) is 1.78. The molecular formula is C12H11N5O2S2. The second kappa shape index (κ2) is 5.70. The van der Waals surface area contributed by atoms with Crippen molar-refractivity contribution in [3.8, 4) is 0 Å². The lowest BCUT2D eigenvalue weighted by atomic mass is 10.4. The van der Waals surface area contributed by atoms with Crippen LogP contribution in [0.4, 0.5) is 0 Å². The first-order valence-corrected chi connectivity index (χ1v) is 7.77. The lowest BCUT2D eigenvalue weighted by Crippen LogP contribution is -2.31. The molecule has 7 nitrogen and oxygen atoms in total. The van der Waals surface area contributed by atoms with Gasteiger partial charge in [0.25, 0.3) is 5.56 Å². The molecule has 0 aliphatic carbocycles. The number of fused-ring (bicyclic) bond motifs is 1. The Balaban J connectivity index is 1.70. The fourth-order valence-corrected chi connectivity index (χ4v) is 3.16. The lowest BCUT2D eigenvalue weighted by Gasteiger charge is -2.06. The third-order valence-electron chi connectivity index (χ3n) is 2.94. The van der Waals surface area contributed by atoms with Crippen LogP contribution in [0.15, 0.2) is 22.6 Å². The summed E-state index contributed by atoms with van der Waals surface area (Å²) in [7, 11) is 0. The quantitative estimate of drug-likeness (QED) is 0.772. The van der Waals surface area contributed by atoms with Crippen LogP contribution in [0.5, 0.6) is 0 Å². The van der Waals surface area contributed by atoms with Crippen LogP contribution >= 0.6 is 22.9 Å². The Labute approximate surface area is 127 Å². The molecule has 0 fully saturated rings. The molecule has 108 valence electrons. The Kier molecular flexibility index (Phi) is 3.76. The van der Waals surface area contributed by atoms with Gasteiger partial charge in [-0.2, -0.15) is 0 Å². The van der Waals surface area contributed by atoms with Crippen molar-refractivity contribution in [2.24, 2.45) is 0 Å². The molecule has 9 heteroatoms. The summed E-state index contributed by atoms with van der Waals surface area (Å²) in [5.41, 5.74) is 1.27. The predicted octanol–water partition coefficient (Wildman–Crippen LogP) is 0.934. The molecule has 3 rings (SSSR count). The maximum absolute atomic E-state index is 12.1. The number of hydrogen-bond acceptors (Lipinski definition) is 7. The molecule has 0 aromatic carbocycles. The van der Waals surface area contributed by atoms with E-state index in [9.17, 15) is 9.59 Å². The van der Waals surface area contributed by atoms with Gasteiger partial charge in [-0.05, 0) is 29.9 Å². The third kappa shape index (κ3) is 2.83. The van der Waals surface area contributed by atoms with Crippen LogP contribution in [0.2, 0.25) is 0 Å². The fourth-order valence-electron chi connectivity index (χ4n) is 1.79. The summed E-state index contributed by atoms with van der Waals surface area (Å²) in [4.78, 5) is 29.1. The van der Waals surface area contributed by atoms with Crippen LogP contribution in [0.25, 0.3) is 10.2 Å². The zero-order chi connectivity index (χ0) is 14.8.